The van der Waals surface area contributed by atoms with E-state index in [1.807, 2.05) is 20.0 Å². The molecule has 0 saturated carbocycles. The van der Waals surface area contributed by atoms with E-state index in [4.69, 9.17) is 23.5 Å². The lowest BCUT2D eigenvalue weighted by Gasteiger charge is -2.43. The first-order chi connectivity index (χ1) is 18.0. The van der Waals surface area contributed by atoms with E-state index in [1.54, 1.807) is 6.92 Å². The lowest BCUT2D eigenvalue weighted by molar-refractivity contribution is -0.0601. The molecule has 0 bridgehead atoms. The molecule has 1 aromatic rings. The van der Waals surface area contributed by atoms with E-state index in [2.05, 4.69) is 70.3 Å². The summed E-state index contributed by atoms with van der Waals surface area (Å²) in [6.45, 7) is 24.7. The molecule has 228 valence electrons. The average molecular weight is 618 g/mol. The number of hydrogen-bond donors (Lipinski definition) is 2. The van der Waals surface area contributed by atoms with Crippen LogP contribution in [0, 0.1) is 6.92 Å². The van der Waals surface area contributed by atoms with Crippen LogP contribution in [-0.4, -0.2) is 76.9 Å². The van der Waals surface area contributed by atoms with Crippen LogP contribution >= 0.6 is 0 Å². The molecule has 40 heavy (non-hydrogen) atoms. The summed E-state index contributed by atoms with van der Waals surface area (Å²) in [6.07, 6.45) is -3.15. The monoisotopic (exact) mass is 617 g/mol. The Balaban J connectivity index is 2.23. The highest BCUT2D eigenvalue weighted by atomic mass is 32.2. The molecule has 4 unspecified atom stereocenters. The van der Waals surface area contributed by atoms with Crippen molar-refractivity contribution in [3.63, 3.8) is 0 Å². The smallest absolute Gasteiger partial charge is 0.292 e. The van der Waals surface area contributed by atoms with Crippen molar-refractivity contribution in [3.05, 3.63) is 22.5 Å². The van der Waals surface area contributed by atoms with Crippen LogP contribution < -0.4 is 11.1 Å². The van der Waals surface area contributed by atoms with Crippen molar-refractivity contribution in [1.29, 1.82) is 0 Å². The first kappa shape index (κ1) is 32.9. The number of nitrogens with zero attached hydrogens (tertiary/aromatic N) is 3. The molecule has 1 saturated heterocycles. The summed E-state index contributed by atoms with van der Waals surface area (Å²) in [6, 6.07) is 0. The normalized spacial score (nSPS) is 27.3. The maximum Gasteiger partial charge on any atom is 0.292 e. The van der Waals surface area contributed by atoms with Gasteiger partial charge in [0.2, 0.25) is 0 Å². The fourth-order valence-corrected chi connectivity index (χ4v) is 7.76. The van der Waals surface area contributed by atoms with E-state index in [9.17, 15) is 13.2 Å². The van der Waals surface area contributed by atoms with Crippen molar-refractivity contribution < 1.29 is 31.0 Å². The Morgan fingerprint density at radius 1 is 1.15 bits per heavy atom. The standard InChI is InChI=1S/C25H47N5O7SSi2/c1-13-27-21(31)19-16(2)28-29-30(19)22-20(36-40(11,12)24(6,7)8)25(17(26)15-38(32,33)37-25)18(35-22)14-34-39(9,10)23(3,4)5/h15,18,20,22H,13-14,26H2,1-12H3,(H,27,31). The second-order valence-electron chi connectivity index (χ2n) is 13.7. The molecule has 2 aliphatic rings. The lowest BCUT2D eigenvalue weighted by Crippen LogP contribution is -2.59. The molecule has 0 radical (unpaired) electrons. The largest absolute Gasteiger partial charge is 0.414 e. The summed E-state index contributed by atoms with van der Waals surface area (Å²) in [5, 5.41) is 11.7. The van der Waals surface area contributed by atoms with E-state index in [-0.39, 0.29) is 28.1 Å². The molecule has 1 spiro atoms. The second-order valence-corrected chi connectivity index (χ2v) is 24.6. The number of aromatic nitrogens is 3. The summed E-state index contributed by atoms with van der Waals surface area (Å²) in [5.41, 5.74) is 5.31. The van der Waals surface area contributed by atoms with Gasteiger partial charge in [-0.1, -0.05) is 46.8 Å². The van der Waals surface area contributed by atoms with Gasteiger partial charge in [0.25, 0.3) is 16.0 Å². The Bertz CT molecular complexity index is 1270. The summed E-state index contributed by atoms with van der Waals surface area (Å²) in [4.78, 5) is 13.1. The Labute approximate surface area is 240 Å². The molecule has 4 atom stereocenters. The van der Waals surface area contributed by atoms with Crippen LogP contribution in [0.2, 0.25) is 36.3 Å². The fourth-order valence-electron chi connectivity index (χ4n) is 4.25. The number of rotatable bonds is 8. The number of hydrogen-bond acceptors (Lipinski definition) is 10. The zero-order valence-electron chi connectivity index (χ0n) is 25.9. The lowest BCUT2D eigenvalue weighted by atomic mass is 9.89. The van der Waals surface area contributed by atoms with Crippen molar-refractivity contribution in [3.8, 4) is 0 Å². The van der Waals surface area contributed by atoms with Crippen LogP contribution in [0.1, 0.15) is 70.9 Å². The molecular formula is C25H47N5O7SSi2. The number of amides is 1. The number of carbonyl (C=O) groups is 1. The van der Waals surface area contributed by atoms with Crippen molar-refractivity contribution in [1.82, 2.24) is 20.3 Å². The zero-order valence-corrected chi connectivity index (χ0v) is 28.7. The van der Waals surface area contributed by atoms with Gasteiger partial charge in [0.05, 0.1) is 23.4 Å². The van der Waals surface area contributed by atoms with E-state index in [0.29, 0.717) is 12.2 Å². The average Bonchev–Trinajstić information content (AvgIpc) is 3.36. The molecular weight excluding hydrogens is 571 g/mol. The van der Waals surface area contributed by atoms with Gasteiger partial charge in [-0.15, -0.1) is 5.10 Å². The second kappa shape index (κ2) is 10.6. The summed E-state index contributed by atoms with van der Waals surface area (Å²) in [7, 11) is -9.09. The van der Waals surface area contributed by atoms with Gasteiger partial charge in [0.1, 0.15) is 12.2 Å². The molecule has 3 heterocycles. The first-order valence-corrected chi connectivity index (χ1v) is 20.9. The van der Waals surface area contributed by atoms with Crippen LogP contribution in [0.5, 0.6) is 0 Å². The predicted molar refractivity (Wildman–Crippen MR) is 157 cm³/mol. The third-order valence-corrected chi connectivity index (χ3v) is 18.7. The van der Waals surface area contributed by atoms with Crippen molar-refractivity contribution in [2.24, 2.45) is 5.73 Å². The third-order valence-electron chi connectivity index (χ3n) is 8.73. The fraction of sp³-hybridized carbons (Fsp3) is 0.800. The van der Waals surface area contributed by atoms with Gasteiger partial charge in [0, 0.05) is 6.54 Å². The van der Waals surface area contributed by atoms with E-state index in [1.165, 1.54) is 4.68 Å². The number of carbonyl (C=O) groups excluding carboxylic acids is 1. The van der Waals surface area contributed by atoms with Gasteiger partial charge in [-0.25, -0.2) is 8.86 Å². The quantitative estimate of drug-likeness (QED) is 0.327. The zero-order chi connectivity index (χ0) is 30.7. The molecule has 12 nitrogen and oxygen atoms in total. The highest BCUT2D eigenvalue weighted by Crippen LogP contribution is 2.52. The Morgan fingerprint density at radius 2 is 1.73 bits per heavy atom. The van der Waals surface area contributed by atoms with Crippen molar-refractivity contribution >= 4 is 32.7 Å². The van der Waals surface area contributed by atoms with Gasteiger partial charge in [-0.05, 0) is 50.1 Å². The van der Waals surface area contributed by atoms with E-state index in [0.717, 1.165) is 5.41 Å². The number of nitrogens with one attached hydrogen (secondary N) is 1. The molecule has 3 N–H and O–H groups in total. The van der Waals surface area contributed by atoms with Gasteiger partial charge in [-0.2, -0.15) is 8.42 Å². The van der Waals surface area contributed by atoms with Crippen LogP contribution in [0.4, 0.5) is 0 Å². The van der Waals surface area contributed by atoms with E-state index >= 15 is 0 Å². The molecule has 0 aromatic carbocycles. The summed E-state index contributed by atoms with van der Waals surface area (Å²) < 4.78 is 53.0. The minimum absolute atomic E-state index is 0.00141. The Hall–Kier alpha value is -1.63. The summed E-state index contributed by atoms with van der Waals surface area (Å²) in [5.74, 6) is -0.391. The van der Waals surface area contributed by atoms with Gasteiger partial charge < -0.3 is 24.6 Å². The van der Waals surface area contributed by atoms with E-state index < -0.39 is 56.7 Å². The molecule has 1 amide bonds. The molecule has 1 fully saturated rings. The number of aryl methyl sites for hydroxylation is 1. The molecule has 15 heteroatoms. The third kappa shape index (κ3) is 5.83. The highest BCUT2D eigenvalue weighted by molar-refractivity contribution is 7.90. The minimum Gasteiger partial charge on any atom is -0.414 e. The Morgan fingerprint density at radius 3 is 2.20 bits per heavy atom. The van der Waals surface area contributed by atoms with Crippen LogP contribution in [0.15, 0.2) is 11.1 Å². The van der Waals surface area contributed by atoms with Gasteiger partial charge in [-0.3, -0.25) is 4.79 Å². The van der Waals surface area contributed by atoms with Crippen molar-refractivity contribution in [2.45, 2.75) is 116 Å². The number of nitrogens with two attached hydrogens (primary N) is 1. The molecule has 3 rings (SSSR count). The molecule has 1 aromatic heterocycles. The maximum absolute atomic E-state index is 13.1. The first-order valence-electron chi connectivity index (χ1n) is 13.6. The Kier molecular flexibility index (Phi) is 8.70. The van der Waals surface area contributed by atoms with Crippen LogP contribution in [0.25, 0.3) is 0 Å². The molecule has 0 aliphatic carbocycles. The predicted octanol–water partition coefficient (Wildman–Crippen LogP) is 3.54. The van der Waals surface area contributed by atoms with Crippen LogP contribution in [-0.2, 0) is 27.9 Å². The van der Waals surface area contributed by atoms with Gasteiger partial charge in [0.15, 0.2) is 34.2 Å². The van der Waals surface area contributed by atoms with Gasteiger partial charge >= 0.3 is 0 Å². The van der Waals surface area contributed by atoms with Crippen molar-refractivity contribution in [2.75, 3.05) is 13.2 Å². The van der Waals surface area contributed by atoms with Crippen LogP contribution in [0.3, 0.4) is 0 Å². The molecule has 2 aliphatic heterocycles. The summed E-state index contributed by atoms with van der Waals surface area (Å²) >= 11 is 0. The topological polar surface area (TPSA) is 157 Å². The SMILES string of the molecule is CCNC(=O)c1c(C)nnn1C1OC(CO[Si](C)(C)C(C)(C)C)C2(OS(=O)(=O)C=C2N)C1O[Si](C)(C)C(C)(C)C. The number of ether oxygens (including phenoxy) is 1. The maximum atomic E-state index is 13.1. The minimum atomic E-state index is -4.16. The highest BCUT2D eigenvalue weighted by Gasteiger charge is 2.67.